The van der Waals surface area contributed by atoms with Gasteiger partial charge < -0.3 is 9.47 Å². The zero-order chi connectivity index (χ0) is 9.26. The molecule has 1 aromatic heterocycles. The zero-order valence-electron chi connectivity index (χ0n) is 7.31. The van der Waals surface area contributed by atoms with Gasteiger partial charge in [-0.2, -0.15) is 5.10 Å². The van der Waals surface area contributed by atoms with Gasteiger partial charge in [0.15, 0.2) is 6.29 Å². The summed E-state index contributed by atoms with van der Waals surface area (Å²) in [6, 6.07) is 0. The second-order valence-corrected chi connectivity index (χ2v) is 3.33. The molecule has 2 rings (SSSR count). The van der Waals surface area contributed by atoms with E-state index in [9.17, 15) is 0 Å². The van der Waals surface area contributed by atoms with Crippen LogP contribution in [0.25, 0.3) is 0 Å². The molecule has 1 saturated heterocycles. The second-order valence-electron chi connectivity index (χ2n) is 3.02. The molecule has 4 nitrogen and oxygen atoms in total. The third-order valence-corrected chi connectivity index (χ3v) is 2.26. The average molecular weight is 203 g/mol. The molecular weight excluding hydrogens is 192 g/mol. The Bertz CT molecular complexity index is 289. The summed E-state index contributed by atoms with van der Waals surface area (Å²) in [7, 11) is 1.86. The molecule has 0 radical (unpaired) electrons. The number of aryl methyl sites for hydroxylation is 1. The number of nitrogens with zero attached hydrogens (tertiary/aromatic N) is 2. The van der Waals surface area contributed by atoms with Crippen molar-refractivity contribution < 1.29 is 9.47 Å². The van der Waals surface area contributed by atoms with E-state index in [0.29, 0.717) is 12.5 Å². The molecular formula is C8H11ClN2O2. The molecule has 0 saturated carbocycles. The van der Waals surface area contributed by atoms with E-state index >= 15 is 0 Å². The van der Waals surface area contributed by atoms with Gasteiger partial charge in [0.25, 0.3) is 0 Å². The van der Waals surface area contributed by atoms with Crippen LogP contribution >= 0.6 is 11.6 Å². The van der Waals surface area contributed by atoms with E-state index in [0.717, 1.165) is 5.56 Å². The summed E-state index contributed by atoms with van der Waals surface area (Å²) in [5.41, 5.74) is 0.940. The van der Waals surface area contributed by atoms with Crippen molar-refractivity contribution in [1.82, 2.24) is 9.78 Å². The van der Waals surface area contributed by atoms with Gasteiger partial charge in [0.05, 0.1) is 24.8 Å². The number of rotatable bonds is 2. The van der Waals surface area contributed by atoms with E-state index in [-0.39, 0.29) is 12.4 Å². The normalized spacial score (nSPS) is 28.2. The summed E-state index contributed by atoms with van der Waals surface area (Å²) in [6.07, 6.45) is 3.33. The van der Waals surface area contributed by atoms with Crippen LogP contribution in [0.5, 0.6) is 0 Å². The number of hydrogen-bond donors (Lipinski definition) is 0. The molecule has 1 fully saturated rings. The van der Waals surface area contributed by atoms with Crippen molar-refractivity contribution in [2.75, 3.05) is 12.5 Å². The van der Waals surface area contributed by atoms with Crippen LogP contribution in [0.4, 0.5) is 0 Å². The van der Waals surface area contributed by atoms with Crippen LogP contribution in [-0.2, 0) is 16.5 Å². The van der Waals surface area contributed by atoms with Gasteiger partial charge in [-0.15, -0.1) is 11.6 Å². The summed E-state index contributed by atoms with van der Waals surface area (Å²) in [5, 5.41) is 4.04. The number of ether oxygens (including phenoxy) is 2. The van der Waals surface area contributed by atoms with Crippen molar-refractivity contribution in [3.63, 3.8) is 0 Å². The highest BCUT2D eigenvalue weighted by atomic mass is 35.5. The first-order chi connectivity index (χ1) is 6.29. The Balaban J connectivity index is 2.03. The lowest BCUT2D eigenvalue weighted by Gasteiger charge is -2.06. The van der Waals surface area contributed by atoms with E-state index in [1.807, 2.05) is 13.2 Å². The zero-order valence-corrected chi connectivity index (χ0v) is 8.07. The van der Waals surface area contributed by atoms with Gasteiger partial charge in [0, 0.05) is 18.8 Å². The first kappa shape index (κ1) is 8.99. The SMILES string of the molecule is Cn1cc(C2OCC(CCl)O2)cn1. The molecule has 0 amide bonds. The lowest BCUT2D eigenvalue weighted by atomic mass is 10.3. The predicted octanol–water partition coefficient (Wildman–Crippen LogP) is 1.07. The Hall–Kier alpha value is -0.580. The lowest BCUT2D eigenvalue weighted by Crippen LogP contribution is -2.10. The average Bonchev–Trinajstić information content (AvgIpc) is 2.71. The summed E-state index contributed by atoms with van der Waals surface area (Å²) >= 11 is 5.64. The first-order valence-electron chi connectivity index (χ1n) is 4.11. The highest BCUT2D eigenvalue weighted by molar-refractivity contribution is 6.18. The molecule has 72 valence electrons. The number of aromatic nitrogens is 2. The molecule has 2 unspecified atom stereocenters. The quantitative estimate of drug-likeness (QED) is 0.674. The maximum atomic E-state index is 5.64. The van der Waals surface area contributed by atoms with E-state index in [1.165, 1.54) is 0 Å². The lowest BCUT2D eigenvalue weighted by molar-refractivity contribution is -0.0567. The molecule has 13 heavy (non-hydrogen) atoms. The molecule has 1 aromatic rings. The maximum Gasteiger partial charge on any atom is 0.187 e. The number of hydrogen-bond acceptors (Lipinski definition) is 3. The molecule has 1 aliphatic rings. The van der Waals surface area contributed by atoms with Crippen LogP contribution < -0.4 is 0 Å². The third-order valence-electron chi connectivity index (χ3n) is 1.92. The van der Waals surface area contributed by atoms with Gasteiger partial charge in [-0.1, -0.05) is 0 Å². The van der Waals surface area contributed by atoms with Crippen LogP contribution in [0.15, 0.2) is 12.4 Å². The second kappa shape index (κ2) is 3.65. The Morgan fingerprint density at radius 2 is 2.62 bits per heavy atom. The molecule has 1 aliphatic heterocycles. The van der Waals surface area contributed by atoms with Crippen LogP contribution in [0.1, 0.15) is 11.9 Å². The first-order valence-corrected chi connectivity index (χ1v) is 4.64. The van der Waals surface area contributed by atoms with Gasteiger partial charge in [0.2, 0.25) is 0 Å². The summed E-state index contributed by atoms with van der Waals surface area (Å²) < 4.78 is 12.6. The highest BCUT2D eigenvalue weighted by Gasteiger charge is 2.27. The molecule has 5 heteroatoms. The van der Waals surface area contributed by atoms with Gasteiger partial charge >= 0.3 is 0 Å². The third kappa shape index (κ3) is 1.85. The predicted molar refractivity (Wildman–Crippen MR) is 47.5 cm³/mol. The van der Waals surface area contributed by atoms with E-state index in [1.54, 1.807) is 10.9 Å². The van der Waals surface area contributed by atoms with Crippen LogP contribution in [0.2, 0.25) is 0 Å². The van der Waals surface area contributed by atoms with E-state index < -0.39 is 0 Å². The monoisotopic (exact) mass is 202 g/mol. The molecule has 0 spiro atoms. The Morgan fingerprint density at radius 3 is 3.15 bits per heavy atom. The van der Waals surface area contributed by atoms with Crippen molar-refractivity contribution in [3.05, 3.63) is 18.0 Å². The Kier molecular flexibility index (Phi) is 2.53. The minimum atomic E-state index is -0.294. The minimum Gasteiger partial charge on any atom is -0.346 e. The topological polar surface area (TPSA) is 36.3 Å². The maximum absolute atomic E-state index is 5.64. The smallest absolute Gasteiger partial charge is 0.187 e. The molecule has 0 aromatic carbocycles. The largest absolute Gasteiger partial charge is 0.346 e. The Labute approximate surface area is 81.4 Å². The van der Waals surface area contributed by atoms with E-state index in [4.69, 9.17) is 21.1 Å². The van der Waals surface area contributed by atoms with Gasteiger partial charge in [-0.25, -0.2) is 0 Å². The fourth-order valence-electron chi connectivity index (χ4n) is 1.27. The van der Waals surface area contributed by atoms with Crippen molar-refractivity contribution in [1.29, 1.82) is 0 Å². The van der Waals surface area contributed by atoms with Crippen molar-refractivity contribution in [3.8, 4) is 0 Å². The van der Waals surface area contributed by atoms with Crippen molar-refractivity contribution in [2.45, 2.75) is 12.4 Å². The van der Waals surface area contributed by atoms with E-state index in [2.05, 4.69) is 5.10 Å². The van der Waals surface area contributed by atoms with Gasteiger partial charge in [-0.05, 0) is 0 Å². The number of alkyl halides is 1. The molecule has 2 atom stereocenters. The summed E-state index contributed by atoms with van der Waals surface area (Å²) in [5.74, 6) is 0.469. The molecule has 2 heterocycles. The highest BCUT2D eigenvalue weighted by Crippen LogP contribution is 2.26. The van der Waals surface area contributed by atoms with Crippen LogP contribution in [-0.4, -0.2) is 28.4 Å². The summed E-state index contributed by atoms with van der Waals surface area (Å²) in [6.45, 7) is 0.559. The van der Waals surface area contributed by atoms with Crippen molar-refractivity contribution >= 4 is 11.6 Å². The fourth-order valence-corrected chi connectivity index (χ4v) is 1.43. The van der Waals surface area contributed by atoms with Crippen LogP contribution in [0.3, 0.4) is 0 Å². The van der Waals surface area contributed by atoms with Crippen molar-refractivity contribution in [2.24, 2.45) is 7.05 Å². The molecule has 0 aliphatic carbocycles. The van der Waals surface area contributed by atoms with Gasteiger partial charge in [0.1, 0.15) is 0 Å². The molecule has 0 N–H and O–H groups in total. The standard InChI is InChI=1S/C8H11ClN2O2/c1-11-4-6(3-10-11)8-12-5-7(2-9)13-8/h3-4,7-8H,2,5H2,1H3. The van der Waals surface area contributed by atoms with Crippen LogP contribution in [0, 0.1) is 0 Å². The Morgan fingerprint density at radius 1 is 1.77 bits per heavy atom. The van der Waals surface area contributed by atoms with Gasteiger partial charge in [-0.3, -0.25) is 4.68 Å². The minimum absolute atomic E-state index is 0.00636. The molecule has 0 bridgehead atoms. The summed E-state index contributed by atoms with van der Waals surface area (Å²) in [4.78, 5) is 0. The fraction of sp³-hybridized carbons (Fsp3) is 0.625. The number of halogens is 1.